The molecule has 13 heavy (non-hydrogen) atoms. The van der Waals surface area contributed by atoms with Crippen molar-refractivity contribution in [1.29, 1.82) is 0 Å². The molecule has 0 saturated heterocycles. The zero-order valence-electron chi connectivity index (χ0n) is 6.81. The second-order valence-corrected chi connectivity index (χ2v) is 4.49. The molecule has 3 radical (unpaired) electrons. The number of nitrogens with zero attached hydrogens (tertiary/aromatic N) is 1. The van der Waals surface area contributed by atoms with Crippen molar-refractivity contribution >= 4 is 38.0 Å². The molecule has 2 aromatic heterocycles. The van der Waals surface area contributed by atoms with Crippen molar-refractivity contribution in [2.75, 3.05) is 7.11 Å². The SMILES string of the molecule is COC(=O)c1cc2ccsc2s1.[N]. The van der Waals surface area contributed by atoms with Gasteiger partial charge >= 0.3 is 5.97 Å². The first-order chi connectivity index (χ1) is 5.81. The van der Waals surface area contributed by atoms with E-state index in [4.69, 9.17) is 0 Å². The van der Waals surface area contributed by atoms with Crippen LogP contribution in [0.1, 0.15) is 9.67 Å². The van der Waals surface area contributed by atoms with Crippen molar-refractivity contribution < 1.29 is 9.53 Å². The predicted octanol–water partition coefficient (Wildman–Crippen LogP) is 2.27. The molecule has 0 aliphatic rings. The molecule has 5 heteroatoms. The highest BCUT2D eigenvalue weighted by atomic mass is 32.2. The molecule has 0 spiro atoms. The zero-order valence-corrected chi connectivity index (χ0v) is 8.45. The van der Waals surface area contributed by atoms with Gasteiger partial charge in [-0.05, 0) is 17.5 Å². The second-order valence-electron chi connectivity index (χ2n) is 2.27. The second kappa shape index (κ2) is 3.87. The molecular formula is C8H6NO2S2. The molecule has 67 valence electrons. The molecule has 0 bridgehead atoms. The molecule has 3 nitrogen and oxygen atoms in total. The maximum absolute atomic E-state index is 11.1. The van der Waals surface area contributed by atoms with Crippen LogP contribution in [0.15, 0.2) is 17.5 Å². The summed E-state index contributed by atoms with van der Waals surface area (Å²) in [4.78, 5) is 11.8. The molecule has 0 unspecified atom stereocenters. The van der Waals surface area contributed by atoms with Crippen LogP contribution in [0.4, 0.5) is 0 Å². The first-order valence-electron chi connectivity index (χ1n) is 3.36. The molecule has 0 saturated carbocycles. The predicted molar refractivity (Wildman–Crippen MR) is 53.2 cm³/mol. The molecule has 0 aliphatic heterocycles. The van der Waals surface area contributed by atoms with Crippen LogP contribution < -0.4 is 6.15 Å². The number of ether oxygens (including phenoxy) is 1. The molecule has 0 N–H and O–H groups in total. The van der Waals surface area contributed by atoms with Crippen molar-refractivity contribution in [2.45, 2.75) is 0 Å². The molecule has 0 atom stereocenters. The number of carbonyl (C=O) groups is 1. The lowest BCUT2D eigenvalue weighted by Crippen LogP contribution is -1.96. The summed E-state index contributed by atoms with van der Waals surface area (Å²) in [6.07, 6.45) is 0. The largest absolute Gasteiger partial charge is 0.465 e. The molecule has 2 heterocycles. The summed E-state index contributed by atoms with van der Waals surface area (Å²) >= 11 is 3.13. The Hall–Kier alpha value is -0.910. The van der Waals surface area contributed by atoms with Crippen LogP contribution in [-0.4, -0.2) is 13.1 Å². The summed E-state index contributed by atoms with van der Waals surface area (Å²) < 4.78 is 5.79. The van der Waals surface area contributed by atoms with Gasteiger partial charge in [-0.2, -0.15) is 0 Å². The summed E-state index contributed by atoms with van der Waals surface area (Å²) in [6.45, 7) is 0. The van der Waals surface area contributed by atoms with Crippen LogP contribution in [-0.2, 0) is 4.74 Å². The molecule has 0 fully saturated rings. The Morgan fingerprint density at radius 3 is 2.92 bits per heavy atom. The van der Waals surface area contributed by atoms with Gasteiger partial charge in [0.15, 0.2) is 0 Å². The molecule has 0 aliphatic carbocycles. The van der Waals surface area contributed by atoms with E-state index in [1.165, 1.54) is 22.5 Å². The van der Waals surface area contributed by atoms with E-state index in [-0.39, 0.29) is 12.1 Å². The lowest BCUT2D eigenvalue weighted by Gasteiger charge is -1.90. The van der Waals surface area contributed by atoms with Crippen molar-refractivity contribution in [2.24, 2.45) is 0 Å². The number of hydrogen-bond acceptors (Lipinski definition) is 4. The number of esters is 1. The Morgan fingerprint density at radius 1 is 1.54 bits per heavy atom. The molecule has 0 amide bonds. The topological polar surface area (TPSA) is 56.8 Å². The summed E-state index contributed by atoms with van der Waals surface area (Å²) in [5.41, 5.74) is 0. The number of hydrogen-bond donors (Lipinski definition) is 0. The van der Waals surface area contributed by atoms with Crippen LogP contribution in [0.5, 0.6) is 0 Å². The molecule has 2 rings (SSSR count). The Labute approximate surface area is 83.5 Å². The third-order valence-electron chi connectivity index (χ3n) is 1.53. The molecular weight excluding hydrogens is 206 g/mol. The average molecular weight is 212 g/mol. The molecule has 0 aromatic carbocycles. The van der Waals surface area contributed by atoms with E-state index in [1.807, 2.05) is 17.5 Å². The van der Waals surface area contributed by atoms with E-state index in [1.54, 1.807) is 11.3 Å². The summed E-state index contributed by atoms with van der Waals surface area (Å²) in [7, 11) is 1.40. The highest BCUT2D eigenvalue weighted by Crippen LogP contribution is 2.30. The normalized spacial score (nSPS) is 9.62. The number of fused-ring (bicyclic) bond motifs is 1. The number of methoxy groups -OCH3 is 1. The van der Waals surface area contributed by atoms with E-state index in [9.17, 15) is 4.79 Å². The summed E-state index contributed by atoms with van der Waals surface area (Å²) in [5, 5.41) is 3.15. The Balaban J connectivity index is 0.000000845. The van der Waals surface area contributed by atoms with E-state index in [0.29, 0.717) is 4.88 Å². The highest BCUT2D eigenvalue weighted by Gasteiger charge is 2.09. The van der Waals surface area contributed by atoms with Crippen LogP contribution in [0, 0.1) is 0 Å². The van der Waals surface area contributed by atoms with Gasteiger partial charge in [0.25, 0.3) is 0 Å². The maximum Gasteiger partial charge on any atom is 0.348 e. The van der Waals surface area contributed by atoms with Crippen LogP contribution in [0.2, 0.25) is 0 Å². The Morgan fingerprint density at radius 2 is 2.31 bits per heavy atom. The van der Waals surface area contributed by atoms with E-state index >= 15 is 0 Å². The molecule has 2 aromatic rings. The van der Waals surface area contributed by atoms with Gasteiger partial charge in [-0.15, -0.1) is 22.7 Å². The summed E-state index contributed by atoms with van der Waals surface area (Å²) in [5.74, 6) is -0.247. The first-order valence-corrected chi connectivity index (χ1v) is 5.06. The van der Waals surface area contributed by atoms with Crippen LogP contribution in [0.3, 0.4) is 0 Å². The van der Waals surface area contributed by atoms with Gasteiger partial charge in [0.2, 0.25) is 0 Å². The van der Waals surface area contributed by atoms with Gasteiger partial charge in [-0.25, -0.2) is 4.79 Å². The van der Waals surface area contributed by atoms with Gasteiger partial charge in [-0.1, -0.05) is 0 Å². The van der Waals surface area contributed by atoms with Crippen LogP contribution in [0.25, 0.3) is 9.40 Å². The van der Waals surface area contributed by atoms with Gasteiger partial charge in [-0.3, -0.25) is 0 Å². The van der Waals surface area contributed by atoms with Gasteiger partial charge < -0.3 is 4.74 Å². The minimum atomic E-state index is -0.247. The van der Waals surface area contributed by atoms with Crippen molar-refractivity contribution in [3.05, 3.63) is 22.4 Å². The lowest BCUT2D eigenvalue weighted by atomic mass is 10.4. The smallest absolute Gasteiger partial charge is 0.348 e. The van der Waals surface area contributed by atoms with Crippen molar-refractivity contribution in [1.82, 2.24) is 6.15 Å². The highest BCUT2D eigenvalue weighted by molar-refractivity contribution is 7.38. The summed E-state index contributed by atoms with van der Waals surface area (Å²) in [6, 6.07) is 3.87. The van der Waals surface area contributed by atoms with E-state index < -0.39 is 0 Å². The third kappa shape index (κ3) is 1.72. The van der Waals surface area contributed by atoms with Crippen LogP contribution >= 0.6 is 22.7 Å². The lowest BCUT2D eigenvalue weighted by molar-refractivity contribution is 0.0606. The number of rotatable bonds is 1. The minimum Gasteiger partial charge on any atom is -0.465 e. The quantitative estimate of drug-likeness (QED) is 0.681. The van der Waals surface area contributed by atoms with Gasteiger partial charge in [0.05, 0.1) is 11.1 Å². The monoisotopic (exact) mass is 212 g/mol. The Kier molecular flexibility index (Phi) is 3.02. The Bertz CT molecular complexity index is 390. The third-order valence-corrected chi connectivity index (χ3v) is 3.72. The van der Waals surface area contributed by atoms with E-state index in [0.717, 1.165) is 5.39 Å². The minimum absolute atomic E-state index is 0. The fraction of sp³-hybridized carbons (Fsp3) is 0.125. The van der Waals surface area contributed by atoms with Gasteiger partial charge in [0, 0.05) is 11.5 Å². The van der Waals surface area contributed by atoms with Gasteiger partial charge in [0.1, 0.15) is 4.88 Å². The van der Waals surface area contributed by atoms with Crippen molar-refractivity contribution in [3.63, 3.8) is 0 Å². The first kappa shape index (κ1) is 10.2. The fourth-order valence-electron chi connectivity index (χ4n) is 0.967. The zero-order chi connectivity index (χ0) is 8.55. The number of thiophene rings is 2. The average Bonchev–Trinajstić information content (AvgIpc) is 2.60. The maximum atomic E-state index is 11.1. The van der Waals surface area contributed by atoms with E-state index in [2.05, 4.69) is 4.74 Å². The number of carbonyl (C=O) groups excluding carboxylic acids is 1. The van der Waals surface area contributed by atoms with Crippen molar-refractivity contribution in [3.8, 4) is 0 Å². The fourth-order valence-corrected chi connectivity index (χ4v) is 2.99. The standard InChI is InChI=1S/C8H6O2S2.N/c1-10-7(9)6-4-5-2-3-11-8(5)12-6;/h2-4H,1H3;.